The van der Waals surface area contributed by atoms with Gasteiger partial charge in [-0.2, -0.15) is 5.10 Å². The molecule has 3 aromatic rings. The molecule has 6 nitrogen and oxygen atoms in total. The van der Waals surface area contributed by atoms with E-state index in [1.54, 1.807) is 29.2 Å². The van der Waals surface area contributed by atoms with Gasteiger partial charge in [-0.05, 0) is 24.3 Å². The normalized spacial score (nSPS) is 10.8. The van der Waals surface area contributed by atoms with Gasteiger partial charge in [0.15, 0.2) is 5.82 Å². The third kappa shape index (κ3) is 2.25. The Morgan fingerprint density at radius 1 is 1.24 bits per heavy atom. The van der Waals surface area contributed by atoms with Gasteiger partial charge in [0, 0.05) is 24.8 Å². The predicted molar refractivity (Wildman–Crippen MR) is 81.2 cm³/mol. The lowest BCUT2D eigenvalue weighted by molar-refractivity contribution is -0.116. The molecule has 0 unspecified atom stereocenters. The molecule has 0 fully saturated rings. The molecule has 3 rings (SSSR count). The van der Waals surface area contributed by atoms with E-state index < -0.39 is 0 Å². The summed E-state index contributed by atoms with van der Waals surface area (Å²) in [6.07, 6.45) is 3.27. The Morgan fingerprint density at radius 2 is 1.95 bits per heavy atom. The second-order valence-electron chi connectivity index (χ2n) is 4.60. The molecule has 21 heavy (non-hydrogen) atoms. The van der Waals surface area contributed by atoms with E-state index in [1.165, 1.54) is 4.90 Å². The summed E-state index contributed by atoms with van der Waals surface area (Å²) < 4.78 is 1.75. The highest BCUT2D eigenvalue weighted by Gasteiger charge is 2.22. The Balaban J connectivity index is 2.22. The van der Waals surface area contributed by atoms with E-state index in [1.807, 2.05) is 31.3 Å². The number of hydrogen-bond acceptors (Lipinski definition) is 4. The first-order chi connectivity index (χ1) is 10.2. The fraction of sp³-hybridized carbons (Fsp3) is 0.133. The van der Waals surface area contributed by atoms with Crippen LogP contribution in [0.5, 0.6) is 0 Å². The fourth-order valence-corrected chi connectivity index (χ4v) is 2.33. The molecule has 0 bridgehead atoms. The molecule has 0 aliphatic rings. The molecule has 106 valence electrons. The first-order valence-electron chi connectivity index (χ1n) is 6.57. The maximum Gasteiger partial charge on any atom is 0.246 e. The molecule has 2 aromatic heterocycles. The predicted octanol–water partition coefficient (Wildman–Crippen LogP) is 1.59. The van der Waals surface area contributed by atoms with Crippen molar-refractivity contribution in [1.29, 1.82) is 0 Å². The van der Waals surface area contributed by atoms with E-state index in [2.05, 4.69) is 10.1 Å². The van der Waals surface area contributed by atoms with Crippen LogP contribution < -0.4 is 10.6 Å². The topological polar surface area (TPSA) is 77.0 Å². The van der Waals surface area contributed by atoms with Gasteiger partial charge in [0.25, 0.3) is 0 Å². The number of pyridine rings is 1. The van der Waals surface area contributed by atoms with Crippen LogP contribution in [0.3, 0.4) is 0 Å². The van der Waals surface area contributed by atoms with Crippen molar-refractivity contribution in [1.82, 2.24) is 14.8 Å². The number of carbonyl (C=O) groups excluding carboxylic acids is 1. The number of hydrogen-bond donors (Lipinski definition) is 1. The summed E-state index contributed by atoms with van der Waals surface area (Å²) in [7, 11) is 1.85. The van der Waals surface area contributed by atoms with Gasteiger partial charge in [0.2, 0.25) is 5.91 Å². The molecule has 0 saturated heterocycles. The van der Waals surface area contributed by atoms with Gasteiger partial charge >= 0.3 is 0 Å². The molecule has 2 heterocycles. The van der Waals surface area contributed by atoms with Crippen molar-refractivity contribution in [2.75, 3.05) is 11.4 Å². The maximum atomic E-state index is 12.3. The zero-order chi connectivity index (χ0) is 14.8. The summed E-state index contributed by atoms with van der Waals surface area (Å²) in [5.41, 5.74) is 7.21. The van der Waals surface area contributed by atoms with Gasteiger partial charge in [-0.3, -0.25) is 19.4 Å². The summed E-state index contributed by atoms with van der Waals surface area (Å²) in [6.45, 7) is -0.0901. The van der Waals surface area contributed by atoms with Gasteiger partial charge in [-0.25, -0.2) is 0 Å². The summed E-state index contributed by atoms with van der Waals surface area (Å²) in [5.74, 6) is 0.361. The van der Waals surface area contributed by atoms with Crippen LogP contribution >= 0.6 is 0 Å². The van der Waals surface area contributed by atoms with Crippen LogP contribution in [0, 0.1) is 0 Å². The minimum absolute atomic E-state index is 0.0901. The number of fused-ring (bicyclic) bond motifs is 1. The third-order valence-electron chi connectivity index (χ3n) is 3.30. The maximum absolute atomic E-state index is 12.3. The molecule has 0 spiro atoms. The molecule has 2 N–H and O–H groups in total. The zero-order valence-electron chi connectivity index (χ0n) is 11.6. The highest BCUT2D eigenvalue weighted by molar-refractivity contribution is 6.07. The molecule has 0 saturated carbocycles. The Hall–Kier alpha value is -2.73. The molecule has 0 atom stereocenters. The van der Waals surface area contributed by atoms with Gasteiger partial charge in [0.1, 0.15) is 0 Å². The Morgan fingerprint density at radius 3 is 2.67 bits per heavy atom. The average Bonchev–Trinajstić information content (AvgIpc) is 2.86. The van der Waals surface area contributed by atoms with E-state index >= 15 is 0 Å². The summed E-state index contributed by atoms with van der Waals surface area (Å²) in [6, 6.07) is 11.3. The standard InChI is InChI=1S/C15H15N5O/c1-19-13-5-3-2-4-12(13)15(18-19)20(14(21)10-16)11-6-8-17-9-7-11/h2-9H,10,16H2,1H3. The minimum Gasteiger partial charge on any atom is -0.322 e. The number of rotatable bonds is 3. The van der Waals surface area contributed by atoms with Gasteiger partial charge in [-0.1, -0.05) is 12.1 Å². The number of aromatic nitrogens is 3. The van der Waals surface area contributed by atoms with Crippen molar-refractivity contribution in [2.24, 2.45) is 12.8 Å². The number of nitrogens with zero attached hydrogens (tertiary/aromatic N) is 4. The van der Waals surface area contributed by atoms with Crippen molar-refractivity contribution < 1.29 is 4.79 Å². The number of amides is 1. The van der Waals surface area contributed by atoms with Gasteiger partial charge in [-0.15, -0.1) is 0 Å². The summed E-state index contributed by atoms with van der Waals surface area (Å²) >= 11 is 0. The minimum atomic E-state index is -0.218. The van der Waals surface area contributed by atoms with Crippen molar-refractivity contribution in [3.05, 3.63) is 48.8 Å². The van der Waals surface area contributed by atoms with E-state index in [9.17, 15) is 4.79 Å². The average molecular weight is 281 g/mol. The van der Waals surface area contributed by atoms with Crippen LogP contribution in [-0.2, 0) is 11.8 Å². The Bertz CT molecular complexity index is 781. The SMILES string of the molecule is Cn1nc(N(C(=O)CN)c2ccncc2)c2ccccc21. The monoisotopic (exact) mass is 281 g/mol. The Labute approximate surface area is 121 Å². The number of anilines is 2. The van der Waals surface area contributed by atoms with Crippen LogP contribution in [-0.4, -0.2) is 27.2 Å². The van der Waals surface area contributed by atoms with Gasteiger partial charge < -0.3 is 5.73 Å². The molecular formula is C15H15N5O. The van der Waals surface area contributed by atoms with E-state index in [0.29, 0.717) is 11.5 Å². The fourth-order valence-electron chi connectivity index (χ4n) is 2.33. The number of aryl methyl sites for hydroxylation is 1. The molecule has 1 aromatic carbocycles. The Kier molecular flexibility index (Phi) is 3.37. The van der Waals surface area contributed by atoms with Crippen LogP contribution in [0.2, 0.25) is 0 Å². The lowest BCUT2D eigenvalue weighted by atomic mass is 10.2. The first kappa shape index (κ1) is 13.3. The molecule has 0 aliphatic heterocycles. The lowest BCUT2D eigenvalue weighted by Crippen LogP contribution is -2.32. The van der Waals surface area contributed by atoms with Crippen LogP contribution in [0.4, 0.5) is 11.5 Å². The first-order valence-corrected chi connectivity index (χ1v) is 6.57. The highest BCUT2D eigenvalue weighted by Crippen LogP contribution is 2.30. The lowest BCUT2D eigenvalue weighted by Gasteiger charge is -2.19. The number of benzene rings is 1. The van der Waals surface area contributed by atoms with Crippen molar-refractivity contribution >= 4 is 28.3 Å². The van der Waals surface area contributed by atoms with Crippen LogP contribution in [0.15, 0.2) is 48.8 Å². The second kappa shape index (κ2) is 5.34. The van der Waals surface area contributed by atoms with Crippen LogP contribution in [0.25, 0.3) is 10.9 Å². The number of carbonyl (C=O) groups is 1. The number of para-hydroxylation sites is 1. The molecule has 6 heteroatoms. The summed E-state index contributed by atoms with van der Waals surface area (Å²) in [5, 5.41) is 5.38. The third-order valence-corrected chi connectivity index (χ3v) is 3.30. The summed E-state index contributed by atoms with van der Waals surface area (Å²) in [4.78, 5) is 17.8. The zero-order valence-corrected chi connectivity index (χ0v) is 11.6. The molecule has 1 amide bonds. The van der Waals surface area contributed by atoms with E-state index in [0.717, 1.165) is 10.9 Å². The van der Waals surface area contributed by atoms with E-state index in [4.69, 9.17) is 5.73 Å². The largest absolute Gasteiger partial charge is 0.322 e. The number of nitrogens with two attached hydrogens (primary N) is 1. The van der Waals surface area contributed by atoms with Crippen molar-refractivity contribution in [2.45, 2.75) is 0 Å². The highest BCUT2D eigenvalue weighted by atomic mass is 16.2. The molecule has 0 aliphatic carbocycles. The van der Waals surface area contributed by atoms with Gasteiger partial charge in [0.05, 0.1) is 17.7 Å². The van der Waals surface area contributed by atoms with Crippen LogP contribution in [0.1, 0.15) is 0 Å². The van der Waals surface area contributed by atoms with E-state index in [-0.39, 0.29) is 12.5 Å². The van der Waals surface area contributed by atoms with Crippen molar-refractivity contribution in [3.8, 4) is 0 Å². The molecule has 0 radical (unpaired) electrons. The molecular weight excluding hydrogens is 266 g/mol. The quantitative estimate of drug-likeness (QED) is 0.791. The smallest absolute Gasteiger partial charge is 0.246 e. The second-order valence-corrected chi connectivity index (χ2v) is 4.60. The van der Waals surface area contributed by atoms with Crippen molar-refractivity contribution in [3.63, 3.8) is 0 Å².